The number of hydrogen-bond acceptors (Lipinski definition) is 4. The fourth-order valence-electron chi connectivity index (χ4n) is 3.86. The number of aromatic nitrogens is 2. The van der Waals surface area contributed by atoms with Crippen molar-refractivity contribution in [1.82, 2.24) is 14.9 Å². The van der Waals surface area contributed by atoms with Crippen LogP contribution in [0.2, 0.25) is 0 Å². The first-order valence-electron chi connectivity index (χ1n) is 8.55. The molecule has 4 rings (SSSR count). The summed E-state index contributed by atoms with van der Waals surface area (Å²) in [4.78, 5) is 4.49. The molecule has 2 unspecified atom stereocenters. The van der Waals surface area contributed by atoms with Gasteiger partial charge < -0.3 is 19.7 Å². The first-order chi connectivity index (χ1) is 11.6. The van der Waals surface area contributed by atoms with Crippen LogP contribution >= 0.6 is 0 Å². The standard InChI is InChI=1S/C19H23N3O2/c1-12(9-15-11-20-7-8-24-15)22-18-10-14(23)3-4-16(18)17-5-6-21-13(2)19(17)22/h3-6,10,12,15,20,23H,7-9,11H2,1-2H3. The van der Waals surface area contributed by atoms with Crippen molar-refractivity contribution < 1.29 is 9.84 Å². The number of rotatable bonds is 3. The molecule has 0 aliphatic carbocycles. The lowest BCUT2D eigenvalue weighted by atomic mass is 10.1. The van der Waals surface area contributed by atoms with Gasteiger partial charge in [0.2, 0.25) is 0 Å². The second-order valence-corrected chi connectivity index (χ2v) is 6.65. The topological polar surface area (TPSA) is 59.3 Å². The van der Waals surface area contributed by atoms with Gasteiger partial charge in [-0.25, -0.2) is 0 Å². The van der Waals surface area contributed by atoms with Gasteiger partial charge in [0.15, 0.2) is 0 Å². The van der Waals surface area contributed by atoms with E-state index in [1.165, 1.54) is 5.39 Å². The molecule has 126 valence electrons. The van der Waals surface area contributed by atoms with Crippen LogP contribution in [-0.2, 0) is 4.74 Å². The maximum atomic E-state index is 9.99. The van der Waals surface area contributed by atoms with Crippen LogP contribution in [0.3, 0.4) is 0 Å². The maximum absolute atomic E-state index is 9.99. The summed E-state index contributed by atoms with van der Waals surface area (Å²) in [7, 11) is 0. The van der Waals surface area contributed by atoms with E-state index in [1.807, 2.05) is 25.3 Å². The van der Waals surface area contributed by atoms with E-state index in [0.29, 0.717) is 5.75 Å². The summed E-state index contributed by atoms with van der Waals surface area (Å²) in [5.74, 6) is 0.292. The molecule has 0 saturated carbocycles. The summed E-state index contributed by atoms with van der Waals surface area (Å²) in [6.45, 7) is 6.85. The van der Waals surface area contributed by atoms with Crippen LogP contribution in [0.1, 0.15) is 25.1 Å². The lowest BCUT2D eigenvalue weighted by Gasteiger charge is -2.27. The summed E-state index contributed by atoms with van der Waals surface area (Å²) in [6.07, 6.45) is 3.00. The van der Waals surface area contributed by atoms with Crippen LogP contribution in [0.5, 0.6) is 5.75 Å². The molecule has 2 atom stereocenters. The van der Waals surface area contributed by atoms with Crippen LogP contribution in [0.4, 0.5) is 0 Å². The Morgan fingerprint density at radius 1 is 1.38 bits per heavy atom. The molecule has 0 spiro atoms. The van der Waals surface area contributed by atoms with Crippen molar-refractivity contribution in [2.45, 2.75) is 32.4 Å². The van der Waals surface area contributed by atoms with Gasteiger partial charge in [0, 0.05) is 42.2 Å². The second kappa shape index (κ2) is 6.07. The third-order valence-electron chi connectivity index (χ3n) is 4.93. The number of nitrogens with one attached hydrogen (secondary N) is 1. The first kappa shape index (κ1) is 15.4. The number of phenols is 1. The molecule has 0 bridgehead atoms. The van der Waals surface area contributed by atoms with Gasteiger partial charge in [-0.15, -0.1) is 0 Å². The van der Waals surface area contributed by atoms with Gasteiger partial charge in [-0.3, -0.25) is 4.98 Å². The maximum Gasteiger partial charge on any atom is 0.117 e. The number of ether oxygens (including phenoxy) is 1. The van der Waals surface area contributed by atoms with E-state index in [0.717, 1.165) is 48.2 Å². The van der Waals surface area contributed by atoms with Gasteiger partial charge in [-0.1, -0.05) is 0 Å². The van der Waals surface area contributed by atoms with Gasteiger partial charge >= 0.3 is 0 Å². The molecule has 24 heavy (non-hydrogen) atoms. The van der Waals surface area contributed by atoms with Crippen molar-refractivity contribution >= 4 is 21.8 Å². The number of nitrogens with zero attached hydrogens (tertiary/aromatic N) is 2. The monoisotopic (exact) mass is 325 g/mol. The fraction of sp³-hybridized carbons (Fsp3) is 0.421. The van der Waals surface area contributed by atoms with Gasteiger partial charge in [0.05, 0.1) is 29.4 Å². The highest BCUT2D eigenvalue weighted by atomic mass is 16.5. The van der Waals surface area contributed by atoms with Crippen molar-refractivity contribution in [2.24, 2.45) is 0 Å². The SMILES string of the molecule is Cc1nccc2c3ccc(O)cc3n(C(C)CC3CNCCO3)c12. The molecule has 0 radical (unpaired) electrons. The largest absolute Gasteiger partial charge is 0.508 e. The molecule has 0 amide bonds. The van der Waals surface area contributed by atoms with Gasteiger partial charge in [0.1, 0.15) is 5.75 Å². The van der Waals surface area contributed by atoms with E-state index in [9.17, 15) is 5.11 Å². The molecular formula is C19H23N3O2. The predicted molar refractivity (Wildman–Crippen MR) is 95.6 cm³/mol. The van der Waals surface area contributed by atoms with Crippen LogP contribution in [0.15, 0.2) is 30.5 Å². The summed E-state index contributed by atoms with van der Waals surface area (Å²) in [5.41, 5.74) is 3.21. The molecule has 3 heterocycles. The zero-order chi connectivity index (χ0) is 16.7. The van der Waals surface area contributed by atoms with Crippen molar-refractivity contribution in [3.8, 4) is 5.75 Å². The summed E-state index contributed by atoms with van der Waals surface area (Å²) in [6, 6.07) is 7.91. The molecule has 1 aromatic carbocycles. The van der Waals surface area contributed by atoms with Crippen molar-refractivity contribution in [3.63, 3.8) is 0 Å². The van der Waals surface area contributed by atoms with Gasteiger partial charge in [-0.05, 0) is 38.5 Å². The molecule has 1 fully saturated rings. The molecule has 2 aromatic heterocycles. The van der Waals surface area contributed by atoms with E-state index in [4.69, 9.17) is 4.74 Å². The second-order valence-electron chi connectivity index (χ2n) is 6.65. The highest BCUT2D eigenvalue weighted by Crippen LogP contribution is 2.36. The summed E-state index contributed by atoms with van der Waals surface area (Å²) in [5, 5.41) is 15.7. The van der Waals surface area contributed by atoms with Crippen molar-refractivity contribution in [3.05, 3.63) is 36.2 Å². The van der Waals surface area contributed by atoms with Crippen LogP contribution in [-0.4, -0.2) is 40.5 Å². The van der Waals surface area contributed by atoms with Gasteiger partial charge in [0.25, 0.3) is 0 Å². The number of fused-ring (bicyclic) bond motifs is 3. The van der Waals surface area contributed by atoms with Gasteiger partial charge in [-0.2, -0.15) is 0 Å². The van der Waals surface area contributed by atoms with Crippen LogP contribution < -0.4 is 5.32 Å². The summed E-state index contributed by atoms with van der Waals surface area (Å²) >= 11 is 0. The third kappa shape index (κ3) is 2.54. The molecular weight excluding hydrogens is 302 g/mol. The lowest BCUT2D eigenvalue weighted by Crippen LogP contribution is -2.39. The number of phenolic OH excluding ortho intramolecular Hbond substituents is 1. The van der Waals surface area contributed by atoms with E-state index in [2.05, 4.69) is 27.9 Å². The quantitative estimate of drug-likeness (QED) is 0.777. The fourth-order valence-corrected chi connectivity index (χ4v) is 3.86. The zero-order valence-electron chi connectivity index (χ0n) is 14.1. The minimum Gasteiger partial charge on any atom is -0.508 e. The Morgan fingerprint density at radius 3 is 3.04 bits per heavy atom. The smallest absolute Gasteiger partial charge is 0.117 e. The van der Waals surface area contributed by atoms with E-state index in [-0.39, 0.29) is 12.1 Å². The Morgan fingerprint density at radius 2 is 2.25 bits per heavy atom. The van der Waals surface area contributed by atoms with Crippen molar-refractivity contribution in [2.75, 3.05) is 19.7 Å². The Balaban J connectivity index is 1.86. The van der Waals surface area contributed by atoms with E-state index in [1.54, 1.807) is 6.07 Å². The first-order valence-corrected chi connectivity index (χ1v) is 8.55. The van der Waals surface area contributed by atoms with E-state index >= 15 is 0 Å². The molecule has 1 aliphatic rings. The highest BCUT2D eigenvalue weighted by molar-refractivity contribution is 6.09. The average molecular weight is 325 g/mol. The molecule has 5 heteroatoms. The normalized spacial score (nSPS) is 19.8. The highest BCUT2D eigenvalue weighted by Gasteiger charge is 2.22. The Bertz CT molecular complexity index is 881. The van der Waals surface area contributed by atoms with E-state index < -0.39 is 0 Å². The lowest BCUT2D eigenvalue weighted by molar-refractivity contribution is 0.0165. The minimum atomic E-state index is 0.218. The number of aromatic hydroxyl groups is 1. The number of aryl methyl sites for hydroxylation is 1. The Hall–Kier alpha value is -2.11. The predicted octanol–water partition coefficient (Wildman–Crippen LogP) is 3.14. The molecule has 3 aromatic rings. The number of benzene rings is 1. The zero-order valence-corrected chi connectivity index (χ0v) is 14.1. The number of hydrogen-bond donors (Lipinski definition) is 2. The third-order valence-corrected chi connectivity index (χ3v) is 4.93. The number of morpholine rings is 1. The molecule has 1 saturated heterocycles. The Kier molecular flexibility index (Phi) is 3.90. The van der Waals surface area contributed by atoms with Crippen molar-refractivity contribution in [1.29, 1.82) is 0 Å². The minimum absolute atomic E-state index is 0.218. The molecule has 1 aliphatic heterocycles. The van der Waals surface area contributed by atoms with Crippen LogP contribution in [0, 0.1) is 6.92 Å². The molecule has 5 nitrogen and oxygen atoms in total. The molecule has 2 N–H and O–H groups in total. The summed E-state index contributed by atoms with van der Waals surface area (Å²) < 4.78 is 8.19. The average Bonchev–Trinajstić information content (AvgIpc) is 2.90. The number of pyridine rings is 1. The Labute approximate surface area is 141 Å². The van der Waals surface area contributed by atoms with Crippen LogP contribution in [0.25, 0.3) is 21.8 Å².